The fourth-order valence-electron chi connectivity index (χ4n) is 2.23. The first-order valence-electron chi connectivity index (χ1n) is 6.34. The highest BCUT2D eigenvalue weighted by molar-refractivity contribution is 5.40. The van der Waals surface area contributed by atoms with Crippen LogP contribution in [-0.2, 0) is 6.42 Å². The van der Waals surface area contributed by atoms with E-state index in [4.69, 9.17) is 0 Å². The van der Waals surface area contributed by atoms with Crippen molar-refractivity contribution in [2.45, 2.75) is 18.2 Å². The lowest BCUT2D eigenvalue weighted by molar-refractivity contribution is -0.267. The lowest BCUT2D eigenvalue weighted by atomic mass is 9.94. The van der Waals surface area contributed by atoms with E-state index in [2.05, 4.69) is 15.0 Å². The van der Waals surface area contributed by atoms with Gasteiger partial charge in [0.2, 0.25) is 5.95 Å². The van der Waals surface area contributed by atoms with Crippen LogP contribution in [0.15, 0.2) is 30.7 Å². The van der Waals surface area contributed by atoms with Crippen LogP contribution in [0.1, 0.15) is 11.3 Å². The standard InChI is InChI=1S/C13H13F3N4O/c14-13(15,16)12(21)7-20(8-12)11-18-6-10(19-11)5-9-1-3-17-4-2-9/h1-4,6,21H,5,7-8H2,(H,18,19). The van der Waals surface area contributed by atoms with E-state index in [0.29, 0.717) is 12.4 Å². The SMILES string of the molecule is OC1(C(F)(F)F)CN(c2ncc(Cc3ccncc3)[nH]2)C1. The molecule has 0 atom stereocenters. The van der Waals surface area contributed by atoms with Gasteiger partial charge in [0.05, 0.1) is 19.3 Å². The number of anilines is 1. The van der Waals surface area contributed by atoms with Crippen molar-refractivity contribution in [3.63, 3.8) is 0 Å². The van der Waals surface area contributed by atoms with Crippen molar-refractivity contribution in [2.24, 2.45) is 0 Å². The third-order valence-electron chi connectivity index (χ3n) is 3.49. The van der Waals surface area contributed by atoms with Crippen LogP contribution in [0.4, 0.5) is 19.1 Å². The van der Waals surface area contributed by atoms with Crippen LogP contribution >= 0.6 is 0 Å². The van der Waals surface area contributed by atoms with Gasteiger partial charge in [-0.25, -0.2) is 4.98 Å². The lowest BCUT2D eigenvalue weighted by Gasteiger charge is -2.46. The van der Waals surface area contributed by atoms with Crippen molar-refractivity contribution in [1.82, 2.24) is 15.0 Å². The zero-order valence-corrected chi connectivity index (χ0v) is 10.9. The van der Waals surface area contributed by atoms with Gasteiger partial charge in [0.15, 0.2) is 5.60 Å². The maximum absolute atomic E-state index is 12.6. The predicted molar refractivity (Wildman–Crippen MR) is 68.8 cm³/mol. The van der Waals surface area contributed by atoms with E-state index >= 15 is 0 Å². The summed E-state index contributed by atoms with van der Waals surface area (Å²) in [7, 11) is 0. The number of aromatic nitrogens is 3. The molecule has 0 amide bonds. The molecule has 8 heteroatoms. The Morgan fingerprint density at radius 2 is 1.95 bits per heavy atom. The minimum atomic E-state index is -4.62. The van der Waals surface area contributed by atoms with E-state index < -0.39 is 24.9 Å². The number of imidazole rings is 1. The molecular formula is C13H13F3N4O. The number of H-pyrrole nitrogens is 1. The molecule has 0 aliphatic carbocycles. The molecule has 0 aromatic carbocycles. The van der Waals surface area contributed by atoms with E-state index in [1.807, 2.05) is 12.1 Å². The van der Waals surface area contributed by atoms with Gasteiger partial charge in [-0.15, -0.1) is 0 Å². The number of hydrogen-bond donors (Lipinski definition) is 2. The van der Waals surface area contributed by atoms with Crippen LogP contribution in [-0.4, -0.2) is 44.9 Å². The molecule has 2 aromatic heterocycles. The molecule has 0 unspecified atom stereocenters. The minimum absolute atomic E-state index is 0.341. The first-order chi connectivity index (χ1) is 9.87. The van der Waals surface area contributed by atoms with Gasteiger partial charge in [0.25, 0.3) is 0 Å². The minimum Gasteiger partial charge on any atom is -0.378 e. The lowest BCUT2D eigenvalue weighted by Crippen LogP contribution is -2.69. The Morgan fingerprint density at radius 1 is 1.29 bits per heavy atom. The Balaban J connectivity index is 1.65. The van der Waals surface area contributed by atoms with Crippen molar-refractivity contribution in [3.8, 4) is 0 Å². The topological polar surface area (TPSA) is 65.0 Å². The molecule has 21 heavy (non-hydrogen) atoms. The van der Waals surface area contributed by atoms with Gasteiger partial charge in [-0.2, -0.15) is 13.2 Å². The second kappa shape index (κ2) is 4.73. The Kier molecular flexibility index (Phi) is 3.12. The summed E-state index contributed by atoms with van der Waals surface area (Å²) in [5.41, 5.74) is -0.820. The van der Waals surface area contributed by atoms with Gasteiger partial charge in [-0.3, -0.25) is 4.98 Å². The molecule has 1 aliphatic rings. The fraction of sp³-hybridized carbons (Fsp3) is 0.385. The van der Waals surface area contributed by atoms with Crippen molar-refractivity contribution in [2.75, 3.05) is 18.0 Å². The highest BCUT2D eigenvalue weighted by atomic mass is 19.4. The average Bonchev–Trinajstić information content (AvgIpc) is 2.83. The third-order valence-corrected chi connectivity index (χ3v) is 3.49. The normalized spacial score (nSPS) is 17.6. The smallest absolute Gasteiger partial charge is 0.378 e. The number of aliphatic hydroxyl groups is 1. The van der Waals surface area contributed by atoms with Gasteiger partial charge >= 0.3 is 6.18 Å². The van der Waals surface area contributed by atoms with Crippen molar-refractivity contribution < 1.29 is 18.3 Å². The van der Waals surface area contributed by atoms with Gasteiger partial charge in [0.1, 0.15) is 0 Å². The molecule has 1 aliphatic heterocycles. The first kappa shape index (κ1) is 13.9. The average molecular weight is 298 g/mol. The van der Waals surface area contributed by atoms with Gasteiger partial charge in [-0.1, -0.05) is 0 Å². The molecule has 3 rings (SSSR count). The molecule has 1 fully saturated rings. The Bertz CT molecular complexity index is 620. The summed E-state index contributed by atoms with van der Waals surface area (Å²) in [6, 6.07) is 3.71. The number of halogens is 3. The van der Waals surface area contributed by atoms with E-state index in [9.17, 15) is 18.3 Å². The second-order valence-electron chi connectivity index (χ2n) is 5.15. The van der Waals surface area contributed by atoms with Crippen LogP contribution in [0, 0.1) is 0 Å². The molecule has 2 N–H and O–H groups in total. The second-order valence-corrected chi connectivity index (χ2v) is 5.15. The monoisotopic (exact) mass is 298 g/mol. The largest absolute Gasteiger partial charge is 0.420 e. The number of rotatable bonds is 3. The Labute approximate surface area is 118 Å². The van der Waals surface area contributed by atoms with E-state index in [1.54, 1.807) is 18.6 Å². The number of alkyl halides is 3. The molecule has 0 saturated carbocycles. The number of pyridine rings is 1. The molecule has 1 saturated heterocycles. The van der Waals surface area contributed by atoms with Crippen LogP contribution < -0.4 is 4.90 Å². The van der Waals surface area contributed by atoms with E-state index in [-0.39, 0.29) is 0 Å². The quantitative estimate of drug-likeness (QED) is 0.901. The van der Waals surface area contributed by atoms with Crippen molar-refractivity contribution in [3.05, 3.63) is 42.0 Å². The molecular weight excluding hydrogens is 285 g/mol. The summed E-state index contributed by atoms with van der Waals surface area (Å²) in [4.78, 5) is 12.3. The summed E-state index contributed by atoms with van der Waals surface area (Å²) in [5, 5.41) is 9.40. The molecule has 0 radical (unpaired) electrons. The number of nitrogens with one attached hydrogen (secondary N) is 1. The van der Waals surface area contributed by atoms with Crippen molar-refractivity contribution >= 4 is 5.95 Å². The number of nitrogens with zero attached hydrogens (tertiary/aromatic N) is 3. The summed E-state index contributed by atoms with van der Waals surface area (Å²) in [5.74, 6) is 0.341. The zero-order chi connectivity index (χ0) is 15.1. The molecule has 2 aromatic rings. The van der Waals surface area contributed by atoms with Gasteiger partial charge in [0, 0.05) is 24.5 Å². The van der Waals surface area contributed by atoms with E-state index in [1.165, 1.54) is 4.90 Å². The van der Waals surface area contributed by atoms with Crippen LogP contribution in [0.3, 0.4) is 0 Å². The van der Waals surface area contributed by atoms with Crippen LogP contribution in [0.2, 0.25) is 0 Å². The Hall–Kier alpha value is -2.09. The van der Waals surface area contributed by atoms with Crippen molar-refractivity contribution in [1.29, 1.82) is 0 Å². The Morgan fingerprint density at radius 3 is 2.57 bits per heavy atom. The maximum atomic E-state index is 12.6. The van der Waals surface area contributed by atoms with Gasteiger partial charge < -0.3 is 15.0 Å². The zero-order valence-electron chi connectivity index (χ0n) is 10.9. The molecule has 112 valence electrons. The van der Waals surface area contributed by atoms with Gasteiger partial charge in [-0.05, 0) is 17.7 Å². The van der Waals surface area contributed by atoms with Crippen LogP contribution in [0.25, 0.3) is 0 Å². The number of hydrogen-bond acceptors (Lipinski definition) is 4. The maximum Gasteiger partial charge on any atom is 0.420 e. The third kappa shape index (κ3) is 2.58. The van der Waals surface area contributed by atoms with Crippen LogP contribution in [0.5, 0.6) is 0 Å². The molecule has 0 spiro atoms. The summed E-state index contributed by atoms with van der Waals surface area (Å²) in [6.45, 7) is -1.00. The number of aromatic amines is 1. The summed E-state index contributed by atoms with van der Waals surface area (Å²) < 4.78 is 37.7. The molecule has 3 heterocycles. The summed E-state index contributed by atoms with van der Waals surface area (Å²) >= 11 is 0. The fourth-order valence-corrected chi connectivity index (χ4v) is 2.23. The predicted octanol–water partition coefficient (Wildman–Crippen LogP) is 1.51. The highest BCUT2D eigenvalue weighted by Gasteiger charge is 2.61. The summed E-state index contributed by atoms with van der Waals surface area (Å²) in [6.07, 6.45) is 0.903. The molecule has 0 bridgehead atoms. The van der Waals surface area contributed by atoms with E-state index in [0.717, 1.165) is 11.3 Å². The molecule has 5 nitrogen and oxygen atoms in total. The number of β-amino-alcohol motifs (C(OH)–C–C–N with tert-alkyl or cyclic N) is 1. The first-order valence-corrected chi connectivity index (χ1v) is 6.34. The highest BCUT2D eigenvalue weighted by Crippen LogP contribution is 2.38.